The van der Waals surface area contributed by atoms with Crippen molar-refractivity contribution in [2.24, 2.45) is 0 Å². The highest BCUT2D eigenvalue weighted by atomic mass is 15.0. The fourth-order valence-electron chi connectivity index (χ4n) is 8.07. The van der Waals surface area contributed by atoms with Crippen LogP contribution in [0.1, 0.15) is 0 Å². The molecule has 11 rings (SSSR count). The summed E-state index contributed by atoms with van der Waals surface area (Å²) in [7, 11) is 0. The molecule has 53 heavy (non-hydrogen) atoms. The maximum atomic E-state index is 5.07. The van der Waals surface area contributed by atoms with Gasteiger partial charge in [0, 0.05) is 61.5 Å². The molecule has 0 N–H and O–H groups in total. The van der Waals surface area contributed by atoms with E-state index in [0.29, 0.717) is 5.82 Å². The van der Waals surface area contributed by atoms with Gasteiger partial charge in [-0.15, -0.1) is 0 Å². The molecule has 0 unspecified atom stereocenters. The SMILES string of the molecule is c1ccc(-c2nc(-c3ccc(-c4ccc(-n5c6ccccc6c6ccc7c8nccnc8c8ccccc8c7c65)cc4)cc3)nc3ccccc23)cc1. The quantitative estimate of drug-likeness (QED) is 0.174. The third kappa shape index (κ3) is 4.57. The Kier molecular flexibility index (Phi) is 6.48. The van der Waals surface area contributed by atoms with Crippen molar-refractivity contribution in [1.82, 2.24) is 24.5 Å². The largest absolute Gasteiger partial charge is 0.309 e. The lowest BCUT2D eigenvalue weighted by molar-refractivity contribution is 1.19. The van der Waals surface area contributed by atoms with Crippen LogP contribution in [0.15, 0.2) is 176 Å². The monoisotopic (exact) mass is 675 g/mol. The third-order valence-electron chi connectivity index (χ3n) is 10.5. The van der Waals surface area contributed by atoms with Crippen molar-refractivity contribution in [1.29, 1.82) is 0 Å². The number of hydrogen-bond donors (Lipinski definition) is 0. The molecule has 246 valence electrons. The summed E-state index contributed by atoms with van der Waals surface area (Å²) in [6, 6.07) is 57.8. The Morgan fingerprint density at radius 2 is 0.962 bits per heavy atom. The molecule has 5 nitrogen and oxygen atoms in total. The van der Waals surface area contributed by atoms with Crippen molar-refractivity contribution >= 4 is 65.3 Å². The van der Waals surface area contributed by atoms with Crippen LogP contribution in [0.5, 0.6) is 0 Å². The summed E-state index contributed by atoms with van der Waals surface area (Å²) in [5.41, 5.74) is 11.5. The Labute approximate surface area is 304 Å². The molecule has 0 bridgehead atoms. The second-order valence-electron chi connectivity index (χ2n) is 13.4. The lowest BCUT2D eigenvalue weighted by Gasteiger charge is -2.14. The van der Waals surface area contributed by atoms with Crippen molar-refractivity contribution < 1.29 is 0 Å². The van der Waals surface area contributed by atoms with E-state index in [9.17, 15) is 0 Å². The van der Waals surface area contributed by atoms with Gasteiger partial charge in [-0.3, -0.25) is 9.97 Å². The molecule has 0 aliphatic heterocycles. The van der Waals surface area contributed by atoms with Crippen LogP contribution in [0.25, 0.3) is 105 Å². The predicted molar refractivity (Wildman–Crippen MR) is 218 cm³/mol. The minimum atomic E-state index is 0.717. The standard InChI is InChI=1S/C48H29N5/c1-2-10-32(11-3-1)44-39-15-6-8-16-41(39)51-48(52-44)33-20-18-30(19-21-33)31-22-24-34(25-23-31)53-42-17-9-7-12-35(42)38-26-27-40-43(47(38)53)36-13-4-5-14-37(36)45-46(40)50-29-28-49-45/h1-29H. The molecule has 0 fully saturated rings. The summed E-state index contributed by atoms with van der Waals surface area (Å²) >= 11 is 0. The number of nitrogens with zero attached hydrogens (tertiary/aromatic N) is 5. The van der Waals surface area contributed by atoms with Crippen LogP contribution in [0, 0.1) is 0 Å². The number of hydrogen-bond acceptors (Lipinski definition) is 4. The van der Waals surface area contributed by atoms with Gasteiger partial charge in [-0.1, -0.05) is 140 Å². The molecule has 0 amide bonds. The Morgan fingerprint density at radius 1 is 0.377 bits per heavy atom. The zero-order chi connectivity index (χ0) is 34.9. The Balaban J connectivity index is 1.04. The third-order valence-corrected chi connectivity index (χ3v) is 10.5. The molecule has 8 aromatic carbocycles. The van der Waals surface area contributed by atoms with Gasteiger partial charge in [0.1, 0.15) is 0 Å². The summed E-state index contributed by atoms with van der Waals surface area (Å²) in [4.78, 5) is 19.7. The molecule has 0 saturated heterocycles. The zero-order valence-corrected chi connectivity index (χ0v) is 28.5. The summed E-state index contributed by atoms with van der Waals surface area (Å²) in [5.74, 6) is 0.717. The first kappa shape index (κ1) is 29.5. The van der Waals surface area contributed by atoms with Crippen molar-refractivity contribution in [3.63, 3.8) is 0 Å². The van der Waals surface area contributed by atoms with Crippen LogP contribution >= 0.6 is 0 Å². The van der Waals surface area contributed by atoms with E-state index >= 15 is 0 Å². The Bertz CT molecular complexity index is 3170. The van der Waals surface area contributed by atoms with E-state index in [2.05, 4.69) is 138 Å². The Morgan fingerprint density at radius 3 is 1.74 bits per heavy atom. The number of benzene rings is 8. The molecule has 3 heterocycles. The molecule has 5 heteroatoms. The topological polar surface area (TPSA) is 56.5 Å². The second kappa shape index (κ2) is 11.7. The van der Waals surface area contributed by atoms with Crippen LogP contribution in [-0.2, 0) is 0 Å². The van der Waals surface area contributed by atoms with Crippen LogP contribution < -0.4 is 0 Å². The van der Waals surface area contributed by atoms with Gasteiger partial charge in [-0.2, -0.15) is 0 Å². The van der Waals surface area contributed by atoms with Crippen molar-refractivity contribution in [2.45, 2.75) is 0 Å². The lowest BCUT2D eigenvalue weighted by atomic mass is 9.97. The molecule has 0 aliphatic carbocycles. The number of rotatable bonds is 4. The normalized spacial score (nSPS) is 11.8. The van der Waals surface area contributed by atoms with Crippen molar-refractivity contribution in [3.05, 3.63) is 176 Å². The van der Waals surface area contributed by atoms with Gasteiger partial charge in [0.15, 0.2) is 5.82 Å². The van der Waals surface area contributed by atoms with Crippen LogP contribution in [-0.4, -0.2) is 24.5 Å². The summed E-state index contributed by atoms with van der Waals surface area (Å²) in [6.07, 6.45) is 3.57. The fraction of sp³-hybridized carbons (Fsp3) is 0. The fourth-order valence-corrected chi connectivity index (χ4v) is 8.07. The molecule has 0 aliphatic rings. The van der Waals surface area contributed by atoms with Gasteiger partial charge >= 0.3 is 0 Å². The summed E-state index contributed by atoms with van der Waals surface area (Å²) in [5, 5.41) is 8.06. The molecule has 0 spiro atoms. The zero-order valence-electron chi connectivity index (χ0n) is 28.5. The van der Waals surface area contributed by atoms with Gasteiger partial charge < -0.3 is 4.57 Å². The molecule has 0 radical (unpaired) electrons. The van der Waals surface area contributed by atoms with Gasteiger partial charge in [-0.05, 0) is 40.8 Å². The van der Waals surface area contributed by atoms with Crippen LogP contribution in [0.3, 0.4) is 0 Å². The number of aromatic nitrogens is 5. The number of fused-ring (bicyclic) bond motifs is 11. The maximum absolute atomic E-state index is 5.07. The van der Waals surface area contributed by atoms with Crippen molar-refractivity contribution in [2.75, 3.05) is 0 Å². The minimum absolute atomic E-state index is 0.717. The van der Waals surface area contributed by atoms with Gasteiger partial charge in [0.25, 0.3) is 0 Å². The van der Waals surface area contributed by atoms with E-state index in [1.165, 1.54) is 32.6 Å². The van der Waals surface area contributed by atoms with Gasteiger partial charge in [-0.25, -0.2) is 9.97 Å². The average molecular weight is 676 g/mol. The molecule has 0 saturated carbocycles. The smallest absolute Gasteiger partial charge is 0.160 e. The van der Waals surface area contributed by atoms with Gasteiger partial charge in [0.05, 0.1) is 33.3 Å². The number of para-hydroxylation sites is 2. The predicted octanol–water partition coefficient (Wildman–Crippen LogP) is 12.0. The second-order valence-corrected chi connectivity index (χ2v) is 13.4. The minimum Gasteiger partial charge on any atom is -0.309 e. The first-order valence-electron chi connectivity index (χ1n) is 17.8. The average Bonchev–Trinajstić information content (AvgIpc) is 3.58. The van der Waals surface area contributed by atoms with E-state index in [1.807, 2.05) is 30.3 Å². The van der Waals surface area contributed by atoms with E-state index in [1.54, 1.807) is 12.4 Å². The van der Waals surface area contributed by atoms with Crippen LogP contribution in [0.4, 0.5) is 0 Å². The van der Waals surface area contributed by atoms with Crippen LogP contribution in [0.2, 0.25) is 0 Å². The van der Waals surface area contributed by atoms with Crippen molar-refractivity contribution in [3.8, 4) is 39.5 Å². The summed E-state index contributed by atoms with van der Waals surface area (Å²) in [6.45, 7) is 0. The lowest BCUT2D eigenvalue weighted by Crippen LogP contribution is -1.96. The first-order valence-corrected chi connectivity index (χ1v) is 17.8. The molecular weight excluding hydrogens is 647 g/mol. The molecule has 11 aromatic rings. The van der Waals surface area contributed by atoms with E-state index < -0.39 is 0 Å². The Hall–Kier alpha value is -7.24. The highest BCUT2D eigenvalue weighted by Crippen LogP contribution is 2.42. The molecule has 0 atom stereocenters. The molecule has 3 aromatic heterocycles. The highest BCUT2D eigenvalue weighted by Gasteiger charge is 2.19. The van der Waals surface area contributed by atoms with Gasteiger partial charge in [0.2, 0.25) is 0 Å². The molecular formula is C48H29N5. The summed E-state index contributed by atoms with van der Waals surface area (Å²) < 4.78 is 2.41. The first-order chi connectivity index (χ1) is 26.3. The van der Waals surface area contributed by atoms with E-state index in [-0.39, 0.29) is 0 Å². The highest BCUT2D eigenvalue weighted by molar-refractivity contribution is 6.32. The van der Waals surface area contributed by atoms with E-state index in [4.69, 9.17) is 19.9 Å². The van der Waals surface area contributed by atoms with E-state index in [0.717, 1.165) is 66.3 Å². The maximum Gasteiger partial charge on any atom is 0.160 e.